The summed E-state index contributed by atoms with van der Waals surface area (Å²) < 4.78 is 7.51. The Bertz CT molecular complexity index is 927. The number of aryl methyl sites for hydroxylation is 1. The Labute approximate surface area is 154 Å². The molecule has 2 unspecified atom stereocenters. The van der Waals surface area contributed by atoms with E-state index in [0.29, 0.717) is 30.6 Å². The van der Waals surface area contributed by atoms with E-state index in [-0.39, 0.29) is 17.9 Å². The fourth-order valence-electron chi connectivity index (χ4n) is 3.87. The van der Waals surface area contributed by atoms with Gasteiger partial charge in [-0.15, -0.1) is 11.3 Å². The van der Waals surface area contributed by atoms with E-state index in [1.54, 1.807) is 17.5 Å². The van der Waals surface area contributed by atoms with Crippen LogP contribution in [0, 0.1) is 0 Å². The van der Waals surface area contributed by atoms with Crippen LogP contribution in [0.1, 0.15) is 49.2 Å². The molecular formula is C18H19N5O2S. The summed E-state index contributed by atoms with van der Waals surface area (Å²) in [6, 6.07) is 6.17. The molecule has 3 aromatic rings. The minimum Gasteiger partial charge on any atom is -0.339 e. The Morgan fingerprint density at radius 3 is 2.85 bits per heavy atom. The molecule has 2 fully saturated rings. The number of nitrogens with zero attached hydrogens (tertiary/aromatic N) is 5. The number of likely N-dealkylation sites (tertiary alicyclic amines) is 1. The van der Waals surface area contributed by atoms with E-state index in [2.05, 4.69) is 15.2 Å². The van der Waals surface area contributed by atoms with Crippen molar-refractivity contribution >= 4 is 17.2 Å². The van der Waals surface area contributed by atoms with E-state index in [0.717, 1.165) is 23.4 Å². The van der Waals surface area contributed by atoms with E-state index >= 15 is 0 Å². The molecular weight excluding hydrogens is 350 g/mol. The van der Waals surface area contributed by atoms with Gasteiger partial charge in [0, 0.05) is 25.7 Å². The van der Waals surface area contributed by atoms with Crippen LogP contribution in [0.4, 0.5) is 0 Å². The third-order valence-electron chi connectivity index (χ3n) is 5.24. The molecule has 1 saturated carbocycles. The van der Waals surface area contributed by atoms with Crippen molar-refractivity contribution in [2.45, 2.75) is 43.7 Å². The lowest BCUT2D eigenvalue weighted by molar-refractivity contribution is -0.138. The second-order valence-electron chi connectivity index (χ2n) is 6.94. The number of carbonyl (C=O) groups excluding carboxylic acids is 1. The number of rotatable bonds is 4. The van der Waals surface area contributed by atoms with Gasteiger partial charge in [-0.25, -0.2) is 0 Å². The van der Waals surface area contributed by atoms with Crippen LogP contribution in [0.3, 0.4) is 0 Å². The summed E-state index contributed by atoms with van der Waals surface area (Å²) in [6.45, 7) is 0. The quantitative estimate of drug-likeness (QED) is 0.706. The van der Waals surface area contributed by atoms with E-state index in [4.69, 9.17) is 4.52 Å². The minimum atomic E-state index is -0.104. The molecule has 1 aliphatic heterocycles. The molecule has 3 aromatic heterocycles. The van der Waals surface area contributed by atoms with Gasteiger partial charge < -0.3 is 9.42 Å². The molecule has 8 heteroatoms. The van der Waals surface area contributed by atoms with Crippen molar-refractivity contribution in [2.24, 2.45) is 7.05 Å². The highest BCUT2D eigenvalue weighted by Gasteiger charge is 2.47. The molecule has 7 nitrogen and oxygen atoms in total. The highest BCUT2D eigenvalue weighted by molar-refractivity contribution is 7.13. The SMILES string of the molecule is Cn1nccc1C1C(c2nc(-c3cccs3)no2)CCC(=O)N1C1CC1. The second-order valence-corrected chi connectivity index (χ2v) is 7.88. The van der Waals surface area contributed by atoms with E-state index in [9.17, 15) is 4.79 Å². The first-order valence-electron chi connectivity index (χ1n) is 8.89. The van der Waals surface area contributed by atoms with Crippen molar-refractivity contribution in [3.63, 3.8) is 0 Å². The first-order valence-corrected chi connectivity index (χ1v) is 9.77. The number of carbonyl (C=O) groups is 1. The van der Waals surface area contributed by atoms with Crippen LogP contribution in [0.5, 0.6) is 0 Å². The zero-order chi connectivity index (χ0) is 17.7. The summed E-state index contributed by atoms with van der Waals surface area (Å²) in [7, 11) is 1.92. The monoisotopic (exact) mass is 369 g/mol. The Hall–Kier alpha value is -2.48. The van der Waals surface area contributed by atoms with Crippen LogP contribution in [0.25, 0.3) is 10.7 Å². The summed E-state index contributed by atoms with van der Waals surface area (Å²) in [5, 5.41) is 10.5. The predicted molar refractivity (Wildman–Crippen MR) is 95.4 cm³/mol. The Morgan fingerprint density at radius 2 is 2.15 bits per heavy atom. The van der Waals surface area contributed by atoms with Gasteiger partial charge in [0.2, 0.25) is 17.6 Å². The van der Waals surface area contributed by atoms with E-state index in [1.165, 1.54) is 0 Å². The summed E-state index contributed by atoms with van der Waals surface area (Å²) in [4.78, 5) is 20.4. The van der Waals surface area contributed by atoms with Gasteiger partial charge in [-0.3, -0.25) is 9.48 Å². The summed E-state index contributed by atoms with van der Waals surface area (Å²) >= 11 is 1.59. The molecule has 26 heavy (non-hydrogen) atoms. The Morgan fingerprint density at radius 1 is 1.27 bits per heavy atom. The van der Waals surface area contributed by atoms with Crippen molar-refractivity contribution in [1.29, 1.82) is 0 Å². The lowest BCUT2D eigenvalue weighted by Crippen LogP contribution is -2.44. The smallest absolute Gasteiger partial charge is 0.232 e. The molecule has 0 radical (unpaired) electrons. The number of amides is 1. The molecule has 5 rings (SSSR count). The molecule has 4 heterocycles. The highest BCUT2D eigenvalue weighted by atomic mass is 32.1. The molecule has 1 amide bonds. The minimum absolute atomic E-state index is 0.00934. The van der Waals surface area contributed by atoms with Crippen LogP contribution in [-0.4, -0.2) is 36.8 Å². The van der Waals surface area contributed by atoms with Crippen molar-refractivity contribution in [3.8, 4) is 10.7 Å². The standard InChI is InChI=1S/C18H19N5O2S/c1-22-13(8-9-19-22)16-12(6-7-15(24)23(16)11-4-5-11)18-20-17(21-25-18)14-3-2-10-26-14/h2-3,8-12,16H,4-7H2,1H3. The molecule has 0 N–H and O–H groups in total. The molecule has 0 spiro atoms. The largest absolute Gasteiger partial charge is 0.339 e. The first kappa shape index (κ1) is 15.7. The highest BCUT2D eigenvalue weighted by Crippen LogP contribution is 2.47. The number of piperidine rings is 1. The number of hydrogen-bond donors (Lipinski definition) is 0. The summed E-state index contributed by atoms with van der Waals surface area (Å²) in [5.74, 6) is 1.43. The second kappa shape index (κ2) is 6.05. The number of thiophene rings is 1. The van der Waals surface area contributed by atoms with Crippen molar-refractivity contribution in [3.05, 3.63) is 41.4 Å². The van der Waals surface area contributed by atoms with Gasteiger partial charge in [0.25, 0.3) is 0 Å². The Kier molecular flexibility index (Phi) is 3.66. The number of aromatic nitrogens is 4. The zero-order valence-electron chi connectivity index (χ0n) is 14.4. The van der Waals surface area contributed by atoms with Crippen LogP contribution in [-0.2, 0) is 11.8 Å². The lowest BCUT2D eigenvalue weighted by atomic mass is 9.86. The van der Waals surface area contributed by atoms with Gasteiger partial charge in [0.1, 0.15) is 0 Å². The molecule has 134 valence electrons. The van der Waals surface area contributed by atoms with Gasteiger partial charge in [0.05, 0.1) is 22.5 Å². The van der Waals surface area contributed by atoms with Gasteiger partial charge in [-0.2, -0.15) is 10.1 Å². The maximum absolute atomic E-state index is 12.7. The maximum Gasteiger partial charge on any atom is 0.232 e. The molecule has 1 saturated heterocycles. The third-order valence-corrected chi connectivity index (χ3v) is 6.11. The molecule has 2 aliphatic rings. The maximum atomic E-state index is 12.7. The molecule has 1 aliphatic carbocycles. The topological polar surface area (TPSA) is 77.0 Å². The van der Waals surface area contributed by atoms with E-state index < -0.39 is 0 Å². The lowest BCUT2D eigenvalue weighted by Gasteiger charge is -2.40. The fraction of sp³-hybridized carbons (Fsp3) is 0.444. The normalized spacial score (nSPS) is 23.6. The number of hydrogen-bond acceptors (Lipinski definition) is 6. The summed E-state index contributed by atoms with van der Waals surface area (Å²) in [5.41, 5.74) is 1.02. The Balaban J connectivity index is 1.55. The molecule has 0 bridgehead atoms. The van der Waals surface area contributed by atoms with Gasteiger partial charge in [0.15, 0.2) is 0 Å². The van der Waals surface area contributed by atoms with Gasteiger partial charge >= 0.3 is 0 Å². The van der Waals surface area contributed by atoms with Crippen LogP contribution < -0.4 is 0 Å². The van der Waals surface area contributed by atoms with Crippen LogP contribution in [0.2, 0.25) is 0 Å². The van der Waals surface area contributed by atoms with Gasteiger partial charge in [-0.05, 0) is 36.8 Å². The first-order chi connectivity index (χ1) is 12.7. The van der Waals surface area contributed by atoms with Crippen molar-refractivity contribution in [2.75, 3.05) is 0 Å². The predicted octanol–water partition coefficient (Wildman–Crippen LogP) is 3.14. The van der Waals surface area contributed by atoms with Crippen LogP contribution >= 0.6 is 11.3 Å². The van der Waals surface area contributed by atoms with E-state index in [1.807, 2.05) is 40.2 Å². The average molecular weight is 369 g/mol. The van der Waals surface area contributed by atoms with Crippen molar-refractivity contribution < 1.29 is 9.32 Å². The van der Waals surface area contributed by atoms with Crippen molar-refractivity contribution in [1.82, 2.24) is 24.8 Å². The molecule has 2 atom stereocenters. The molecule has 0 aromatic carbocycles. The summed E-state index contributed by atoms with van der Waals surface area (Å²) in [6.07, 6.45) is 5.14. The third kappa shape index (κ3) is 2.56. The van der Waals surface area contributed by atoms with Gasteiger partial charge in [-0.1, -0.05) is 11.2 Å². The zero-order valence-corrected chi connectivity index (χ0v) is 15.2. The van der Waals surface area contributed by atoms with Crippen LogP contribution in [0.15, 0.2) is 34.3 Å². The fourth-order valence-corrected chi connectivity index (χ4v) is 4.52. The average Bonchev–Trinajstić information content (AvgIpc) is 3.06.